The standard InChI is InChI=1S/C19H29N3O4/c1-20-19(22(2)9-10-26-13-14-5-6-14)21-12-15-7-8-16(18(23)25-4)17(11-15)24-3/h7-8,11,14H,5-6,9-10,12-13H2,1-4H3,(H,20,21). The summed E-state index contributed by atoms with van der Waals surface area (Å²) in [6.45, 7) is 2.90. The van der Waals surface area contributed by atoms with Gasteiger partial charge in [0.15, 0.2) is 5.96 Å². The van der Waals surface area contributed by atoms with Crippen LogP contribution in [0.5, 0.6) is 5.75 Å². The van der Waals surface area contributed by atoms with E-state index in [1.807, 2.05) is 24.1 Å². The van der Waals surface area contributed by atoms with E-state index in [0.717, 1.165) is 30.6 Å². The van der Waals surface area contributed by atoms with E-state index in [0.29, 0.717) is 24.5 Å². The number of methoxy groups -OCH3 is 2. The molecule has 1 aromatic carbocycles. The lowest BCUT2D eigenvalue weighted by Gasteiger charge is -2.22. The summed E-state index contributed by atoms with van der Waals surface area (Å²) < 4.78 is 15.7. The second kappa shape index (κ2) is 10.0. The van der Waals surface area contributed by atoms with Crippen LogP contribution in [0.1, 0.15) is 28.8 Å². The highest BCUT2D eigenvalue weighted by Crippen LogP contribution is 2.28. The minimum atomic E-state index is -0.414. The maximum Gasteiger partial charge on any atom is 0.341 e. The minimum absolute atomic E-state index is 0.410. The number of ether oxygens (including phenoxy) is 3. The van der Waals surface area contributed by atoms with Gasteiger partial charge in [-0.2, -0.15) is 0 Å². The molecule has 0 atom stereocenters. The van der Waals surface area contributed by atoms with E-state index in [4.69, 9.17) is 14.2 Å². The molecule has 144 valence electrons. The van der Waals surface area contributed by atoms with Crippen LogP contribution in [0, 0.1) is 5.92 Å². The van der Waals surface area contributed by atoms with Crippen molar-refractivity contribution in [2.24, 2.45) is 10.9 Å². The lowest BCUT2D eigenvalue weighted by atomic mass is 10.1. The second-order valence-electron chi connectivity index (χ2n) is 6.37. The largest absolute Gasteiger partial charge is 0.496 e. The van der Waals surface area contributed by atoms with E-state index in [2.05, 4.69) is 10.3 Å². The van der Waals surface area contributed by atoms with Gasteiger partial charge < -0.3 is 24.4 Å². The van der Waals surface area contributed by atoms with Crippen molar-refractivity contribution in [2.45, 2.75) is 19.4 Å². The average Bonchev–Trinajstić information content (AvgIpc) is 3.49. The monoisotopic (exact) mass is 363 g/mol. The summed E-state index contributed by atoms with van der Waals surface area (Å²) in [7, 11) is 6.63. The third-order valence-electron chi connectivity index (χ3n) is 4.32. The Morgan fingerprint density at radius 2 is 2.12 bits per heavy atom. The lowest BCUT2D eigenvalue weighted by Crippen LogP contribution is -2.40. The van der Waals surface area contributed by atoms with E-state index in [-0.39, 0.29) is 0 Å². The molecule has 1 fully saturated rings. The average molecular weight is 363 g/mol. The van der Waals surface area contributed by atoms with E-state index in [1.165, 1.54) is 27.1 Å². The molecule has 1 aromatic rings. The fraction of sp³-hybridized carbons (Fsp3) is 0.579. The normalized spacial score (nSPS) is 14.1. The summed E-state index contributed by atoms with van der Waals surface area (Å²) in [6.07, 6.45) is 2.61. The van der Waals surface area contributed by atoms with Crippen LogP contribution in [0.25, 0.3) is 0 Å². The molecule has 0 bridgehead atoms. The SMILES string of the molecule is CN=C(NCc1ccc(C(=O)OC)c(OC)c1)N(C)CCOCC1CC1. The van der Waals surface area contributed by atoms with Crippen LogP contribution in [0.4, 0.5) is 0 Å². The molecule has 26 heavy (non-hydrogen) atoms. The molecule has 0 radical (unpaired) electrons. The molecule has 0 unspecified atom stereocenters. The Hall–Kier alpha value is -2.28. The maximum absolute atomic E-state index is 11.7. The van der Waals surface area contributed by atoms with E-state index in [9.17, 15) is 4.79 Å². The summed E-state index contributed by atoms with van der Waals surface area (Å²) in [4.78, 5) is 18.1. The highest BCUT2D eigenvalue weighted by atomic mass is 16.5. The van der Waals surface area contributed by atoms with Crippen molar-refractivity contribution in [3.8, 4) is 5.75 Å². The number of nitrogens with one attached hydrogen (secondary N) is 1. The molecule has 0 heterocycles. The van der Waals surface area contributed by atoms with Gasteiger partial charge in [-0.3, -0.25) is 4.99 Å². The van der Waals surface area contributed by atoms with Gasteiger partial charge in [-0.1, -0.05) is 6.07 Å². The van der Waals surface area contributed by atoms with Crippen LogP contribution in [-0.4, -0.2) is 64.9 Å². The first kappa shape index (κ1) is 20.0. The van der Waals surface area contributed by atoms with Crippen molar-refractivity contribution in [2.75, 3.05) is 48.1 Å². The number of hydrogen-bond acceptors (Lipinski definition) is 5. The molecule has 2 rings (SSSR count). The van der Waals surface area contributed by atoms with Gasteiger partial charge >= 0.3 is 5.97 Å². The molecule has 1 N–H and O–H groups in total. The number of aliphatic imine (C=N–C) groups is 1. The number of benzene rings is 1. The Bertz CT molecular complexity index is 629. The van der Waals surface area contributed by atoms with Crippen molar-refractivity contribution < 1.29 is 19.0 Å². The molecule has 1 saturated carbocycles. The molecular weight excluding hydrogens is 334 g/mol. The zero-order chi connectivity index (χ0) is 18.9. The predicted octanol–water partition coefficient (Wildman–Crippen LogP) is 1.92. The quantitative estimate of drug-likeness (QED) is 0.313. The maximum atomic E-state index is 11.7. The highest BCUT2D eigenvalue weighted by molar-refractivity contribution is 5.92. The number of carbonyl (C=O) groups excluding carboxylic acids is 1. The van der Waals surface area contributed by atoms with Crippen molar-refractivity contribution >= 4 is 11.9 Å². The lowest BCUT2D eigenvalue weighted by molar-refractivity contribution is 0.0597. The van der Waals surface area contributed by atoms with Gasteiger partial charge in [0.05, 0.1) is 20.8 Å². The molecule has 1 aliphatic rings. The van der Waals surface area contributed by atoms with Crippen LogP contribution in [0.15, 0.2) is 23.2 Å². The fourth-order valence-electron chi connectivity index (χ4n) is 2.53. The molecule has 7 heteroatoms. The van der Waals surface area contributed by atoms with Crippen molar-refractivity contribution in [3.05, 3.63) is 29.3 Å². The molecule has 0 amide bonds. The van der Waals surface area contributed by atoms with Crippen LogP contribution in [0.2, 0.25) is 0 Å². The number of carbonyl (C=O) groups is 1. The van der Waals surface area contributed by atoms with Gasteiger partial charge in [0, 0.05) is 33.8 Å². The van der Waals surface area contributed by atoms with Gasteiger partial charge in [0.2, 0.25) is 0 Å². The summed E-state index contributed by atoms with van der Waals surface area (Å²) in [5, 5.41) is 3.31. The van der Waals surface area contributed by atoms with E-state index in [1.54, 1.807) is 13.1 Å². The summed E-state index contributed by atoms with van der Waals surface area (Å²) >= 11 is 0. The van der Waals surface area contributed by atoms with Crippen LogP contribution in [0.3, 0.4) is 0 Å². The number of likely N-dealkylation sites (N-methyl/N-ethyl adjacent to an activating group) is 1. The summed E-state index contributed by atoms with van der Waals surface area (Å²) in [6, 6.07) is 5.40. The van der Waals surface area contributed by atoms with Gasteiger partial charge in [-0.15, -0.1) is 0 Å². The first-order chi connectivity index (χ1) is 12.6. The fourth-order valence-corrected chi connectivity index (χ4v) is 2.53. The number of guanidine groups is 1. The number of hydrogen-bond donors (Lipinski definition) is 1. The Morgan fingerprint density at radius 1 is 1.35 bits per heavy atom. The molecule has 0 saturated heterocycles. The van der Waals surface area contributed by atoms with Crippen molar-refractivity contribution in [1.29, 1.82) is 0 Å². The minimum Gasteiger partial charge on any atom is -0.496 e. The Morgan fingerprint density at radius 3 is 2.73 bits per heavy atom. The van der Waals surface area contributed by atoms with Gasteiger partial charge in [-0.25, -0.2) is 4.79 Å². The smallest absolute Gasteiger partial charge is 0.341 e. The van der Waals surface area contributed by atoms with Crippen molar-refractivity contribution in [1.82, 2.24) is 10.2 Å². The molecule has 0 spiro atoms. The molecular formula is C19H29N3O4. The van der Waals surface area contributed by atoms with Crippen LogP contribution < -0.4 is 10.1 Å². The Kier molecular flexibility index (Phi) is 7.72. The van der Waals surface area contributed by atoms with Crippen LogP contribution in [-0.2, 0) is 16.0 Å². The first-order valence-electron chi connectivity index (χ1n) is 8.83. The highest BCUT2D eigenvalue weighted by Gasteiger charge is 2.21. The van der Waals surface area contributed by atoms with Crippen molar-refractivity contribution in [3.63, 3.8) is 0 Å². The van der Waals surface area contributed by atoms with Gasteiger partial charge in [0.25, 0.3) is 0 Å². The number of esters is 1. The molecule has 7 nitrogen and oxygen atoms in total. The summed E-state index contributed by atoms with van der Waals surface area (Å²) in [5.41, 5.74) is 1.39. The topological polar surface area (TPSA) is 72.4 Å². The van der Waals surface area contributed by atoms with Gasteiger partial charge in [0.1, 0.15) is 11.3 Å². The third-order valence-corrected chi connectivity index (χ3v) is 4.32. The molecule has 0 aromatic heterocycles. The number of nitrogens with zero attached hydrogens (tertiary/aromatic N) is 2. The zero-order valence-electron chi connectivity index (χ0n) is 16.1. The second-order valence-corrected chi connectivity index (χ2v) is 6.37. The Labute approximate surface area is 155 Å². The van der Waals surface area contributed by atoms with Gasteiger partial charge in [-0.05, 0) is 36.5 Å². The van der Waals surface area contributed by atoms with E-state index < -0.39 is 5.97 Å². The predicted molar refractivity (Wildman–Crippen MR) is 101 cm³/mol. The van der Waals surface area contributed by atoms with E-state index >= 15 is 0 Å². The third kappa shape index (κ3) is 5.91. The Balaban J connectivity index is 1.85. The molecule has 0 aliphatic heterocycles. The number of rotatable bonds is 9. The summed E-state index contributed by atoms with van der Waals surface area (Å²) in [5.74, 6) is 1.65. The van der Waals surface area contributed by atoms with Crippen LogP contribution >= 0.6 is 0 Å². The molecule has 1 aliphatic carbocycles. The first-order valence-corrected chi connectivity index (χ1v) is 8.83. The zero-order valence-corrected chi connectivity index (χ0v) is 16.1.